The number of nitrogens with zero attached hydrogens (tertiary/aromatic N) is 9. The highest BCUT2D eigenvalue weighted by Gasteiger charge is 2.31. The number of benzene rings is 7. The van der Waals surface area contributed by atoms with Crippen molar-refractivity contribution in [2.75, 3.05) is 33.6 Å². The van der Waals surface area contributed by atoms with E-state index in [0.29, 0.717) is 61.1 Å². The molecule has 0 spiro atoms. The fourth-order valence-corrected chi connectivity index (χ4v) is 15.1. The van der Waals surface area contributed by atoms with Crippen molar-refractivity contribution < 1.29 is 71.2 Å². The number of hydrogen-bond donors (Lipinski definition) is 6. The maximum atomic E-state index is 14.7. The second-order valence-corrected chi connectivity index (χ2v) is 37.0. The normalized spacial score (nSPS) is 13.0. The molecule has 1 fully saturated rings. The Bertz CT molecular complexity index is 6440. The predicted octanol–water partition coefficient (Wildman–Crippen LogP) is 22.1. The number of carbonyl (C=O) groups is 9. The van der Waals surface area contributed by atoms with Crippen LogP contribution in [0.2, 0.25) is 5.02 Å². The molecular weight excluding hydrogens is 2020 g/mol. The number of hydrogen-bond acceptors (Lipinski definition) is 22. The van der Waals surface area contributed by atoms with Gasteiger partial charge in [-0.15, -0.1) is 12.4 Å². The summed E-state index contributed by atoms with van der Waals surface area (Å²) in [5.74, 6) is -1.73. The van der Waals surface area contributed by atoms with Gasteiger partial charge in [0.1, 0.15) is 65.9 Å². The van der Waals surface area contributed by atoms with Crippen LogP contribution in [0.25, 0.3) is 55.5 Å². The number of aromatic nitrogens is 9. The molecule has 0 unspecified atom stereocenters. The number of Topliss-reactive ketones (excluding diaryl/α,β-unsaturated/α-hetero) is 4. The third kappa shape index (κ3) is 32.8. The summed E-state index contributed by atoms with van der Waals surface area (Å²) in [5.41, 5.74) is 16.8. The van der Waals surface area contributed by atoms with E-state index in [1.165, 1.54) is 49.9 Å². The van der Waals surface area contributed by atoms with Gasteiger partial charge in [0.05, 0.1) is 42.2 Å². The third-order valence-corrected chi connectivity index (χ3v) is 21.4. The molecule has 0 bridgehead atoms. The van der Waals surface area contributed by atoms with Gasteiger partial charge in [-0.3, -0.25) is 53.1 Å². The molecule has 0 saturated carbocycles. The molecule has 35 heteroatoms. The van der Waals surface area contributed by atoms with E-state index >= 15 is 0 Å². The standard InChI is InChI=1S/C20H22N4O3.C17H15ClF2N2O.C16H18BrNO3.C16H14N4O3.C11H9BrO.C9H7Br.C6H11BrO2.C4H5N3.ClH/c1-13(25)16-11-24(12-19(26)27-20(2,3)4)17-6-5-14(9-15(16)17)23-18-10-21-7-8-22-18;18-13-6-2-1-4-11(13)12-5-3-7-14(16(12)20)22-17(23)15-8-10(19)9-21-15;1-10(19)13-8-18(9-15(20)21-16(2,3)4)14-6-5-11(17)7-12(13)14;1-10(21)13-8-20(9-16(22)23)14-3-2-11(6-12(13)14)19-15-7-17-4-5-18-15;1-7(13)10-5-3-8-2-4-9(12)6-11(8)10;10-9-5-4-7-2-1-3-8(7)6-9;1-6(2,3)9-5(8)4-7;5-4-1-6-3-7-2-4;/h5-11H,12H2,1-4H3,(H,22,23);1-7,10,15,21H,8-9H2,(H,22,23);5-8H,9H2,1-4H3;2-8H,9H2,1H3,(H,18,19)(H,22,23);2,4-6H,3H2,1H3;1,3-6H,2H2;4H2,1-3H3;1-3H,5H2;1H/t;10-,15+;;;;;;;/m.1......./s1. The highest BCUT2D eigenvalue weighted by molar-refractivity contribution is 9.11. The van der Waals surface area contributed by atoms with Crippen molar-refractivity contribution in [3.63, 3.8) is 0 Å². The lowest BCUT2D eigenvalue weighted by molar-refractivity contribution is -0.156. The maximum absolute atomic E-state index is 14.7. The molecule has 13 aromatic rings. The van der Waals surface area contributed by atoms with Crippen LogP contribution in [0.3, 0.4) is 0 Å². The highest BCUT2D eigenvalue weighted by atomic mass is 79.9. The van der Waals surface area contributed by atoms with Crippen molar-refractivity contribution in [2.45, 2.75) is 158 Å². The van der Waals surface area contributed by atoms with Gasteiger partial charge in [0, 0.05) is 152 Å². The van der Waals surface area contributed by atoms with Crippen molar-refractivity contribution in [3.05, 3.63) is 283 Å². The van der Waals surface area contributed by atoms with Gasteiger partial charge in [-0.05, 0) is 216 Å². The van der Waals surface area contributed by atoms with Crippen LogP contribution in [0.1, 0.15) is 150 Å². The molecule has 3 aliphatic rings. The Balaban J connectivity index is 0.000000194. The number of rotatable bonds is 18. The van der Waals surface area contributed by atoms with E-state index in [-0.39, 0.29) is 103 Å². The second kappa shape index (κ2) is 49.6. The van der Waals surface area contributed by atoms with Gasteiger partial charge in [0.25, 0.3) is 0 Å². The van der Waals surface area contributed by atoms with Crippen LogP contribution in [0.5, 0.6) is 0 Å². The number of halogens is 8. The molecule has 2 atom stereocenters. The average Bonchev–Trinajstić information content (AvgIpc) is 1.63. The number of ketones is 4. The molecule has 7 aromatic carbocycles. The van der Waals surface area contributed by atoms with Gasteiger partial charge >= 0.3 is 23.9 Å². The van der Waals surface area contributed by atoms with E-state index in [0.717, 1.165) is 70.6 Å². The third-order valence-electron chi connectivity index (χ3n) is 19.1. The highest BCUT2D eigenvalue weighted by Crippen LogP contribution is 2.36. The molecule has 0 radical (unpaired) electrons. The molecule has 702 valence electrons. The van der Waals surface area contributed by atoms with Crippen LogP contribution in [0, 0.1) is 5.82 Å². The molecule has 27 nitrogen and oxygen atoms in total. The van der Waals surface area contributed by atoms with Crippen LogP contribution >= 0.6 is 87.7 Å². The van der Waals surface area contributed by atoms with Gasteiger partial charge in [-0.25, -0.2) is 28.7 Å². The minimum atomic E-state index is -1.05. The Labute approximate surface area is 819 Å². The van der Waals surface area contributed by atoms with Crippen molar-refractivity contribution in [2.24, 2.45) is 0 Å². The number of carboxylic acids is 1. The van der Waals surface area contributed by atoms with Gasteiger partial charge in [0.2, 0.25) is 5.91 Å². The predicted molar refractivity (Wildman–Crippen MR) is 537 cm³/mol. The number of nitrogen functional groups attached to an aromatic ring is 1. The van der Waals surface area contributed by atoms with Crippen molar-refractivity contribution in [3.8, 4) is 11.1 Å². The number of anilines is 6. The zero-order valence-electron chi connectivity index (χ0n) is 75.7. The van der Waals surface area contributed by atoms with Crippen LogP contribution in [0.15, 0.2) is 234 Å². The number of carboxylic acid groups (broad SMARTS) is 1. The van der Waals surface area contributed by atoms with Gasteiger partial charge < -0.3 is 60.0 Å². The fourth-order valence-electron chi connectivity index (χ4n) is 13.6. The summed E-state index contributed by atoms with van der Waals surface area (Å²) in [6.45, 7) is 22.7. The number of carbonyl (C=O) groups excluding carboxylic acids is 8. The summed E-state index contributed by atoms with van der Waals surface area (Å²) in [6.07, 6.45) is 26.5. The lowest BCUT2D eigenvalue weighted by Gasteiger charge is -2.19. The van der Waals surface area contributed by atoms with Gasteiger partial charge in [-0.1, -0.05) is 136 Å². The summed E-state index contributed by atoms with van der Waals surface area (Å²) in [4.78, 5) is 128. The number of alkyl halides is 2. The number of aliphatic carboxylic acids is 1. The van der Waals surface area contributed by atoms with Crippen LogP contribution in [0.4, 0.5) is 43.2 Å². The van der Waals surface area contributed by atoms with E-state index < -0.39 is 41.1 Å². The fraction of sp³-hybridized carbons (Fsp3) is 0.263. The number of ether oxygens (including phenoxy) is 3. The largest absolute Gasteiger partial charge is 0.480 e. The average molecular weight is 2120 g/mol. The molecule has 2 aliphatic carbocycles. The molecule has 134 heavy (non-hydrogen) atoms. The Morgan fingerprint density at radius 3 is 1.46 bits per heavy atom. The van der Waals surface area contributed by atoms with Gasteiger partial charge in [0.15, 0.2) is 29.0 Å². The lowest BCUT2D eigenvalue weighted by atomic mass is 10.0. The Morgan fingerprint density at radius 1 is 0.545 bits per heavy atom. The molecule has 1 amide bonds. The zero-order chi connectivity index (χ0) is 97.2. The summed E-state index contributed by atoms with van der Waals surface area (Å²) in [7, 11) is 0. The van der Waals surface area contributed by atoms with Crippen molar-refractivity contribution >= 4 is 219 Å². The zero-order valence-corrected chi connectivity index (χ0v) is 83.6. The molecule has 16 rings (SSSR count). The van der Waals surface area contributed by atoms with E-state index in [1.807, 2.05) is 117 Å². The minimum Gasteiger partial charge on any atom is -0.480 e. The summed E-state index contributed by atoms with van der Waals surface area (Å²) < 4.78 is 51.6. The van der Waals surface area contributed by atoms with Crippen LogP contribution < -0.4 is 27.0 Å². The monoisotopic (exact) mass is 2120 g/mol. The molecule has 6 aromatic heterocycles. The second-order valence-electron chi connectivity index (χ2n) is 33.3. The van der Waals surface area contributed by atoms with E-state index in [1.54, 1.807) is 143 Å². The summed E-state index contributed by atoms with van der Waals surface area (Å²) >= 11 is 19.3. The van der Waals surface area contributed by atoms with Crippen LogP contribution in [-0.2, 0) is 75.5 Å². The number of nitrogens with one attached hydrogen (secondary N) is 4. The molecule has 1 aliphatic heterocycles. The Morgan fingerprint density at radius 2 is 1.01 bits per heavy atom. The first-order valence-corrected chi connectivity index (χ1v) is 45.5. The first-order chi connectivity index (χ1) is 62.9. The Hall–Kier alpha value is -12.4. The number of amides is 1. The van der Waals surface area contributed by atoms with Crippen LogP contribution in [-0.4, -0.2) is 143 Å². The quantitative estimate of drug-likeness (QED) is 0.0201. The number of allylic oxidation sites excluding steroid dienone is 3. The minimum absolute atomic E-state index is 0. The molecule has 7 N–H and O–H groups in total. The smallest absolute Gasteiger partial charge is 0.326 e. The first kappa shape index (κ1) is 107. The summed E-state index contributed by atoms with van der Waals surface area (Å²) in [6, 6.07) is 40.1. The first-order valence-electron chi connectivity index (χ1n) is 41.6. The lowest BCUT2D eigenvalue weighted by Crippen LogP contribution is -2.35. The van der Waals surface area contributed by atoms with E-state index in [4.69, 9.17) is 36.7 Å². The number of nitrogens with two attached hydrogens (primary N) is 1. The Kier molecular flexibility index (Phi) is 39.6. The molecular formula is C99H102Br4Cl2F2N14O13. The SMILES string of the molecule is Brc1ccc2c(c1)C=CC2.CC(=O)C1=CCc2ccc(Br)cc21.CC(=O)c1cn(CC(=O)O)c2ccc(Nc3cnccn3)cc12.CC(=O)c1cn(CC(=O)OC(C)(C)C)c2ccc(Br)cc12.CC(=O)c1cn(CC(=O)OC(C)(C)C)c2ccc(Nc3cnccn3)cc12.CC(C)(C)OC(=O)CBr.Cl.Nc1cncnc1.O=C(Nc1cccc(-c2ccccc2Cl)c1F)[C@@H]1C[C@@H](F)CN1. The summed E-state index contributed by atoms with van der Waals surface area (Å²) in [5, 5.41) is 23.5. The molecule has 1 saturated heterocycles. The topological polar surface area (TPSA) is 368 Å². The van der Waals surface area contributed by atoms with E-state index in [2.05, 4.69) is 151 Å². The van der Waals surface area contributed by atoms with Crippen molar-refractivity contribution in [1.82, 2.24) is 48.9 Å². The van der Waals surface area contributed by atoms with E-state index in [9.17, 15) is 51.9 Å². The molecule has 7 heterocycles. The number of esters is 3. The number of fused-ring (bicyclic) bond motifs is 5. The van der Waals surface area contributed by atoms with Gasteiger partial charge in [-0.2, -0.15) is 0 Å². The van der Waals surface area contributed by atoms with Crippen molar-refractivity contribution in [1.29, 1.82) is 0 Å². The maximum Gasteiger partial charge on any atom is 0.326 e.